The van der Waals surface area contributed by atoms with E-state index in [0.29, 0.717) is 5.69 Å². The molecule has 3 heteroatoms. The SMILES string of the molecule is C[C@@H](Cc1ccccc1)C(=O)Nc1ccc(N)cc1. The highest BCUT2D eigenvalue weighted by Crippen LogP contribution is 2.14. The van der Waals surface area contributed by atoms with Crippen molar-refractivity contribution in [1.29, 1.82) is 0 Å². The standard InChI is InChI=1S/C16H18N2O/c1-12(11-13-5-3-2-4-6-13)16(19)18-15-9-7-14(17)8-10-15/h2-10,12H,11,17H2,1H3,(H,18,19)/t12-/m0/s1. The number of nitrogens with one attached hydrogen (secondary N) is 1. The molecule has 0 aliphatic heterocycles. The maximum absolute atomic E-state index is 12.1. The van der Waals surface area contributed by atoms with Gasteiger partial charge in [-0.05, 0) is 36.2 Å². The van der Waals surface area contributed by atoms with Crippen LogP contribution in [0.4, 0.5) is 11.4 Å². The minimum atomic E-state index is -0.0695. The highest BCUT2D eigenvalue weighted by atomic mass is 16.1. The Morgan fingerprint density at radius 3 is 2.37 bits per heavy atom. The number of rotatable bonds is 4. The average Bonchev–Trinajstić information content (AvgIpc) is 2.42. The lowest BCUT2D eigenvalue weighted by atomic mass is 10.0. The Morgan fingerprint density at radius 2 is 1.74 bits per heavy atom. The summed E-state index contributed by atoms with van der Waals surface area (Å²) in [7, 11) is 0. The molecule has 0 saturated heterocycles. The molecule has 2 aromatic carbocycles. The van der Waals surface area contributed by atoms with E-state index in [4.69, 9.17) is 5.73 Å². The summed E-state index contributed by atoms with van der Waals surface area (Å²) in [6.45, 7) is 1.93. The molecule has 0 unspecified atom stereocenters. The molecule has 0 bridgehead atoms. The largest absolute Gasteiger partial charge is 0.399 e. The van der Waals surface area contributed by atoms with E-state index in [-0.39, 0.29) is 11.8 Å². The van der Waals surface area contributed by atoms with Crippen molar-refractivity contribution >= 4 is 17.3 Å². The van der Waals surface area contributed by atoms with E-state index in [9.17, 15) is 4.79 Å². The first-order chi connectivity index (χ1) is 9.15. The first kappa shape index (κ1) is 13.1. The van der Waals surface area contributed by atoms with Gasteiger partial charge in [-0.15, -0.1) is 0 Å². The zero-order chi connectivity index (χ0) is 13.7. The second-order valence-electron chi connectivity index (χ2n) is 4.70. The van der Waals surface area contributed by atoms with E-state index in [1.807, 2.05) is 49.4 Å². The Labute approximate surface area is 113 Å². The van der Waals surface area contributed by atoms with Crippen molar-refractivity contribution < 1.29 is 4.79 Å². The highest BCUT2D eigenvalue weighted by molar-refractivity contribution is 5.92. The van der Waals surface area contributed by atoms with Gasteiger partial charge in [-0.2, -0.15) is 0 Å². The summed E-state index contributed by atoms with van der Waals surface area (Å²) in [6.07, 6.45) is 0.738. The van der Waals surface area contributed by atoms with Gasteiger partial charge in [0.25, 0.3) is 0 Å². The number of hydrogen-bond acceptors (Lipinski definition) is 2. The van der Waals surface area contributed by atoms with E-state index in [1.54, 1.807) is 12.1 Å². The number of nitrogens with two attached hydrogens (primary N) is 1. The van der Waals surface area contributed by atoms with Crippen molar-refractivity contribution in [3.05, 3.63) is 60.2 Å². The number of nitrogen functional groups attached to an aromatic ring is 1. The summed E-state index contributed by atoms with van der Waals surface area (Å²) in [5.74, 6) is -0.0476. The third kappa shape index (κ3) is 3.85. The van der Waals surface area contributed by atoms with Crippen molar-refractivity contribution in [2.45, 2.75) is 13.3 Å². The van der Waals surface area contributed by atoms with Gasteiger partial charge in [0.05, 0.1) is 0 Å². The molecule has 1 amide bonds. The summed E-state index contributed by atoms with van der Waals surface area (Å²) < 4.78 is 0. The van der Waals surface area contributed by atoms with E-state index in [2.05, 4.69) is 5.32 Å². The summed E-state index contributed by atoms with van der Waals surface area (Å²) in [5, 5.41) is 2.89. The second kappa shape index (κ2) is 6.05. The number of carbonyl (C=O) groups is 1. The van der Waals surface area contributed by atoms with Crippen LogP contribution in [0.2, 0.25) is 0 Å². The van der Waals surface area contributed by atoms with E-state index < -0.39 is 0 Å². The van der Waals surface area contributed by atoms with Gasteiger partial charge in [-0.1, -0.05) is 37.3 Å². The van der Waals surface area contributed by atoms with Crippen LogP contribution in [0.5, 0.6) is 0 Å². The normalized spacial score (nSPS) is 11.8. The van der Waals surface area contributed by atoms with Crippen LogP contribution in [0.1, 0.15) is 12.5 Å². The lowest BCUT2D eigenvalue weighted by Gasteiger charge is -2.12. The predicted octanol–water partition coefficient (Wildman–Crippen LogP) is 3.09. The van der Waals surface area contributed by atoms with Gasteiger partial charge in [0, 0.05) is 17.3 Å². The summed E-state index contributed by atoms with van der Waals surface area (Å²) in [5.41, 5.74) is 8.24. The lowest BCUT2D eigenvalue weighted by Crippen LogP contribution is -2.22. The van der Waals surface area contributed by atoms with Crippen LogP contribution >= 0.6 is 0 Å². The van der Waals surface area contributed by atoms with Crippen LogP contribution in [0.15, 0.2) is 54.6 Å². The number of carbonyl (C=O) groups excluding carboxylic acids is 1. The Hall–Kier alpha value is -2.29. The zero-order valence-electron chi connectivity index (χ0n) is 11.0. The number of anilines is 2. The van der Waals surface area contributed by atoms with Crippen LogP contribution in [0.25, 0.3) is 0 Å². The van der Waals surface area contributed by atoms with Gasteiger partial charge in [0.2, 0.25) is 5.91 Å². The fourth-order valence-electron chi connectivity index (χ4n) is 1.89. The van der Waals surface area contributed by atoms with Crippen molar-refractivity contribution in [2.24, 2.45) is 5.92 Å². The highest BCUT2D eigenvalue weighted by Gasteiger charge is 2.13. The molecular weight excluding hydrogens is 236 g/mol. The van der Waals surface area contributed by atoms with Crippen molar-refractivity contribution in [1.82, 2.24) is 0 Å². The van der Waals surface area contributed by atoms with Gasteiger partial charge in [0.1, 0.15) is 0 Å². The monoisotopic (exact) mass is 254 g/mol. The topological polar surface area (TPSA) is 55.1 Å². The van der Waals surface area contributed by atoms with Crippen molar-refractivity contribution in [2.75, 3.05) is 11.1 Å². The lowest BCUT2D eigenvalue weighted by molar-refractivity contribution is -0.119. The molecule has 0 aliphatic rings. The Morgan fingerprint density at radius 1 is 1.11 bits per heavy atom. The maximum Gasteiger partial charge on any atom is 0.227 e. The third-order valence-electron chi connectivity index (χ3n) is 3.01. The van der Waals surface area contributed by atoms with Crippen molar-refractivity contribution in [3.63, 3.8) is 0 Å². The summed E-state index contributed by atoms with van der Waals surface area (Å²) in [4.78, 5) is 12.1. The molecule has 2 aromatic rings. The average molecular weight is 254 g/mol. The molecule has 1 atom stereocenters. The molecule has 0 radical (unpaired) electrons. The molecule has 0 aliphatic carbocycles. The van der Waals surface area contributed by atoms with Gasteiger partial charge in [0.15, 0.2) is 0 Å². The van der Waals surface area contributed by atoms with E-state index in [0.717, 1.165) is 12.1 Å². The molecule has 0 saturated carbocycles. The molecule has 0 aromatic heterocycles. The van der Waals surface area contributed by atoms with E-state index in [1.165, 1.54) is 5.56 Å². The number of hydrogen-bond donors (Lipinski definition) is 2. The molecule has 3 nitrogen and oxygen atoms in total. The van der Waals surface area contributed by atoms with Gasteiger partial charge >= 0.3 is 0 Å². The quantitative estimate of drug-likeness (QED) is 0.824. The number of amides is 1. The smallest absolute Gasteiger partial charge is 0.227 e. The first-order valence-corrected chi connectivity index (χ1v) is 6.35. The minimum absolute atomic E-state index is 0.0219. The molecule has 98 valence electrons. The Bertz CT molecular complexity index is 534. The van der Waals surface area contributed by atoms with E-state index >= 15 is 0 Å². The van der Waals surface area contributed by atoms with Gasteiger partial charge < -0.3 is 11.1 Å². The van der Waals surface area contributed by atoms with Crippen LogP contribution in [-0.4, -0.2) is 5.91 Å². The fraction of sp³-hybridized carbons (Fsp3) is 0.188. The van der Waals surface area contributed by atoms with Gasteiger partial charge in [-0.3, -0.25) is 4.79 Å². The Balaban J connectivity index is 1.94. The van der Waals surface area contributed by atoms with Crippen LogP contribution in [0.3, 0.4) is 0 Å². The van der Waals surface area contributed by atoms with Crippen LogP contribution in [0, 0.1) is 5.92 Å². The molecule has 0 fully saturated rings. The third-order valence-corrected chi connectivity index (χ3v) is 3.01. The molecule has 2 rings (SSSR count). The molecule has 3 N–H and O–H groups in total. The maximum atomic E-state index is 12.1. The van der Waals surface area contributed by atoms with Crippen molar-refractivity contribution in [3.8, 4) is 0 Å². The molecule has 0 spiro atoms. The minimum Gasteiger partial charge on any atom is -0.399 e. The zero-order valence-corrected chi connectivity index (χ0v) is 11.0. The fourth-order valence-corrected chi connectivity index (χ4v) is 1.89. The van der Waals surface area contributed by atoms with Gasteiger partial charge in [-0.25, -0.2) is 0 Å². The second-order valence-corrected chi connectivity index (χ2v) is 4.70. The molecular formula is C16H18N2O. The predicted molar refractivity (Wildman–Crippen MR) is 78.8 cm³/mol. The first-order valence-electron chi connectivity index (χ1n) is 6.35. The Kier molecular flexibility index (Phi) is 4.18. The summed E-state index contributed by atoms with van der Waals surface area (Å²) >= 11 is 0. The molecule has 19 heavy (non-hydrogen) atoms. The van der Waals surface area contributed by atoms with Crippen LogP contribution in [-0.2, 0) is 11.2 Å². The number of benzene rings is 2. The van der Waals surface area contributed by atoms with Crippen LogP contribution < -0.4 is 11.1 Å². The summed E-state index contributed by atoms with van der Waals surface area (Å²) in [6, 6.07) is 17.2. The molecule has 0 heterocycles.